The third-order valence-electron chi connectivity index (χ3n) is 1.20. The molecule has 0 aliphatic carbocycles. The van der Waals surface area contributed by atoms with E-state index in [0.29, 0.717) is 19.5 Å². The Labute approximate surface area is 67.0 Å². The Morgan fingerprint density at radius 2 is 2.27 bits per heavy atom. The second-order valence-electron chi connectivity index (χ2n) is 2.51. The lowest BCUT2D eigenvalue weighted by Crippen LogP contribution is -2.32. The van der Waals surface area contributed by atoms with Crippen LogP contribution in [0.3, 0.4) is 0 Å². The van der Waals surface area contributed by atoms with E-state index in [1.807, 2.05) is 0 Å². The SMILES string of the molecule is CNCCC(=O)NCC(C)O. The molecule has 1 amide bonds. The molecular formula is C7H16N2O2. The first-order valence-corrected chi connectivity index (χ1v) is 3.76. The minimum atomic E-state index is -0.464. The fraction of sp³-hybridized carbons (Fsp3) is 0.857. The van der Waals surface area contributed by atoms with Gasteiger partial charge < -0.3 is 15.7 Å². The molecule has 1 unspecified atom stereocenters. The Balaban J connectivity index is 3.23. The first kappa shape index (κ1) is 10.4. The Kier molecular flexibility index (Phi) is 5.78. The van der Waals surface area contributed by atoms with Crippen molar-refractivity contribution in [1.82, 2.24) is 10.6 Å². The lowest BCUT2D eigenvalue weighted by atomic mass is 10.3. The van der Waals surface area contributed by atoms with Gasteiger partial charge in [0.05, 0.1) is 6.10 Å². The molecule has 4 heteroatoms. The van der Waals surface area contributed by atoms with Gasteiger partial charge in [0.25, 0.3) is 0 Å². The number of carbonyl (C=O) groups is 1. The van der Waals surface area contributed by atoms with Gasteiger partial charge in [-0.25, -0.2) is 0 Å². The number of aliphatic hydroxyl groups is 1. The zero-order valence-corrected chi connectivity index (χ0v) is 7.05. The quantitative estimate of drug-likeness (QED) is 0.488. The highest BCUT2D eigenvalue weighted by Gasteiger charge is 2.00. The van der Waals surface area contributed by atoms with Crippen molar-refractivity contribution < 1.29 is 9.90 Å². The molecule has 0 aliphatic heterocycles. The number of carbonyl (C=O) groups excluding carboxylic acids is 1. The van der Waals surface area contributed by atoms with Crippen LogP contribution >= 0.6 is 0 Å². The largest absolute Gasteiger partial charge is 0.392 e. The molecule has 4 nitrogen and oxygen atoms in total. The van der Waals surface area contributed by atoms with E-state index in [1.165, 1.54) is 0 Å². The average Bonchev–Trinajstić information content (AvgIpc) is 1.97. The summed E-state index contributed by atoms with van der Waals surface area (Å²) in [6.45, 7) is 2.65. The Morgan fingerprint density at radius 1 is 1.64 bits per heavy atom. The van der Waals surface area contributed by atoms with Crippen molar-refractivity contribution in [2.45, 2.75) is 19.4 Å². The van der Waals surface area contributed by atoms with E-state index < -0.39 is 6.10 Å². The summed E-state index contributed by atoms with van der Waals surface area (Å²) < 4.78 is 0. The summed E-state index contributed by atoms with van der Waals surface area (Å²) in [5.41, 5.74) is 0. The smallest absolute Gasteiger partial charge is 0.221 e. The van der Waals surface area contributed by atoms with Crippen LogP contribution in [-0.2, 0) is 4.79 Å². The second kappa shape index (κ2) is 6.12. The zero-order valence-electron chi connectivity index (χ0n) is 7.05. The van der Waals surface area contributed by atoms with Crippen LogP contribution < -0.4 is 10.6 Å². The lowest BCUT2D eigenvalue weighted by Gasteiger charge is -2.06. The van der Waals surface area contributed by atoms with Gasteiger partial charge in [-0.3, -0.25) is 4.79 Å². The summed E-state index contributed by atoms with van der Waals surface area (Å²) in [6, 6.07) is 0. The van der Waals surface area contributed by atoms with Gasteiger partial charge in [-0.2, -0.15) is 0 Å². The monoisotopic (exact) mass is 160 g/mol. The zero-order chi connectivity index (χ0) is 8.69. The van der Waals surface area contributed by atoms with Crippen molar-refractivity contribution >= 4 is 5.91 Å². The molecule has 0 spiro atoms. The Morgan fingerprint density at radius 3 is 2.73 bits per heavy atom. The average molecular weight is 160 g/mol. The Bertz CT molecular complexity index is 115. The number of nitrogens with one attached hydrogen (secondary N) is 2. The molecule has 0 aromatic rings. The maximum atomic E-state index is 10.8. The van der Waals surface area contributed by atoms with Gasteiger partial charge in [0, 0.05) is 19.5 Å². The van der Waals surface area contributed by atoms with Crippen molar-refractivity contribution in [3.63, 3.8) is 0 Å². The minimum absolute atomic E-state index is 0.0275. The summed E-state index contributed by atoms with van der Waals surface area (Å²) in [5.74, 6) is -0.0275. The summed E-state index contributed by atoms with van der Waals surface area (Å²) in [6.07, 6.45) is -0.00279. The van der Waals surface area contributed by atoms with Crippen molar-refractivity contribution in [3.8, 4) is 0 Å². The summed E-state index contributed by atoms with van der Waals surface area (Å²) in [7, 11) is 1.79. The number of aliphatic hydroxyl groups excluding tert-OH is 1. The fourth-order valence-electron chi connectivity index (χ4n) is 0.588. The van der Waals surface area contributed by atoms with E-state index in [0.717, 1.165) is 0 Å². The molecule has 0 rings (SSSR count). The summed E-state index contributed by atoms with van der Waals surface area (Å²) >= 11 is 0. The molecule has 0 bridgehead atoms. The number of hydrogen-bond acceptors (Lipinski definition) is 3. The third-order valence-corrected chi connectivity index (χ3v) is 1.20. The predicted molar refractivity (Wildman–Crippen MR) is 43.2 cm³/mol. The van der Waals surface area contributed by atoms with Crippen LogP contribution in [0, 0.1) is 0 Å². The number of rotatable bonds is 5. The van der Waals surface area contributed by atoms with E-state index in [1.54, 1.807) is 14.0 Å². The molecule has 0 aromatic carbocycles. The van der Waals surface area contributed by atoms with Crippen LogP contribution in [0.2, 0.25) is 0 Å². The normalized spacial score (nSPS) is 12.6. The van der Waals surface area contributed by atoms with Crippen molar-refractivity contribution in [2.24, 2.45) is 0 Å². The molecule has 3 N–H and O–H groups in total. The molecular weight excluding hydrogens is 144 g/mol. The first-order valence-electron chi connectivity index (χ1n) is 3.76. The van der Waals surface area contributed by atoms with E-state index in [4.69, 9.17) is 5.11 Å². The van der Waals surface area contributed by atoms with Gasteiger partial charge in [-0.15, -0.1) is 0 Å². The molecule has 0 aromatic heterocycles. The molecule has 11 heavy (non-hydrogen) atoms. The third kappa shape index (κ3) is 7.29. The molecule has 1 atom stereocenters. The topological polar surface area (TPSA) is 61.4 Å². The number of hydrogen-bond donors (Lipinski definition) is 3. The van der Waals surface area contributed by atoms with Crippen LogP contribution in [-0.4, -0.2) is 37.3 Å². The van der Waals surface area contributed by atoms with Crippen LogP contribution in [0.15, 0.2) is 0 Å². The maximum absolute atomic E-state index is 10.8. The standard InChI is InChI=1S/C7H16N2O2/c1-6(10)5-9-7(11)3-4-8-2/h6,8,10H,3-5H2,1-2H3,(H,9,11). The van der Waals surface area contributed by atoms with Crippen LogP contribution in [0.4, 0.5) is 0 Å². The molecule has 0 fully saturated rings. The molecule has 0 aliphatic rings. The van der Waals surface area contributed by atoms with Crippen LogP contribution in [0.1, 0.15) is 13.3 Å². The molecule has 0 saturated heterocycles. The van der Waals surface area contributed by atoms with E-state index in [-0.39, 0.29) is 5.91 Å². The molecule has 66 valence electrons. The number of amides is 1. The van der Waals surface area contributed by atoms with Crippen molar-refractivity contribution in [3.05, 3.63) is 0 Å². The van der Waals surface area contributed by atoms with Crippen molar-refractivity contribution in [1.29, 1.82) is 0 Å². The highest BCUT2D eigenvalue weighted by molar-refractivity contribution is 5.76. The van der Waals surface area contributed by atoms with Gasteiger partial charge >= 0.3 is 0 Å². The van der Waals surface area contributed by atoms with Gasteiger partial charge in [0.2, 0.25) is 5.91 Å². The Hall–Kier alpha value is -0.610. The highest BCUT2D eigenvalue weighted by atomic mass is 16.3. The minimum Gasteiger partial charge on any atom is -0.392 e. The highest BCUT2D eigenvalue weighted by Crippen LogP contribution is 1.79. The first-order chi connectivity index (χ1) is 5.16. The lowest BCUT2D eigenvalue weighted by molar-refractivity contribution is -0.121. The van der Waals surface area contributed by atoms with Gasteiger partial charge in [0.1, 0.15) is 0 Å². The van der Waals surface area contributed by atoms with E-state index in [9.17, 15) is 4.79 Å². The molecule has 0 radical (unpaired) electrons. The summed E-state index contributed by atoms with van der Waals surface area (Å²) in [4.78, 5) is 10.8. The van der Waals surface area contributed by atoms with Gasteiger partial charge in [-0.05, 0) is 14.0 Å². The van der Waals surface area contributed by atoms with Crippen molar-refractivity contribution in [2.75, 3.05) is 20.1 Å². The van der Waals surface area contributed by atoms with Crippen LogP contribution in [0.5, 0.6) is 0 Å². The second-order valence-corrected chi connectivity index (χ2v) is 2.51. The van der Waals surface area contributed by atoms with Gasteiger partial charge in [0.15, 0.2) is 0 Å². The van der Waals surface area contributed by atoms with Gasteiger partial charge in [-0.1, -0.05) is 0 Å². The van der Waals surface area contributed by atoms with E-state index >= 15 is 0 Å². The summed E-state index contributed by atoms with van der Waals surface area (Å²) in [5, 5.41) is 14.2. The predicted octanol–water partition coefficient (Wildman–Crippen LogP) is -0.907. The molecule has 0 heterocycles. The maximum Gasteiger partial charge on any atom is 0.221 e. The molecule has 0 saturated carbocycles. The fourth-order valence-corrected chi connectivity index (χ4v) is 0.588. The van der Waals surface area contributed by atoms with E-state index in [2.05, 4.69) is 10.6 Å². The van der Waals surface area contributed by atoms with Crippen LogP contribution in [0.25, 0.3) is 0 Å².